The predicted molar refractivity (Wildman–Crippen MR) is 45.9 cm³/mol. The van der Waals surface area contributed by atoms with E-state index in [1.165, 1.54) is 7.11 Å². The van der Waals surface area contributed by atoms with Crippen molar-refractivity contribution in [2.45, 2.75) is 18.9 Å². The zero-order valence-electron chi connectivity index (χ0n) is 7.86. The molecule has 1 heterocycles. The van der Waals surface area contributed by atoms with Crippen LogP contribution in [0.4, 0.5) is 0 Å². The van der Waals surface area contributed by atoms with Crippen LogP contribution in [0, 0.1) is 0 Å². The van der Waals surface area contributed by atoms with E-state index in [-0.39, 0.29) is 18.9 Å². The highest BCUT2D eigenvalue weighted by Crippen LogP contribution is 2.11. The first-order chi connectivity index (χ1) is 6.56. The first-order valence-electron chi connectivity index (χ1n) is 4.23. The summed E-state index contributed by atoms with van der Waals surface area (Å²) >= 11 is 0. The molecule has 6 heteroatoms. The number of hydrogen-bond donors (Lipinski definition) is 1. The van der Waals surface area contributed by atoms with Crippen molar-refractivity contribution < 1.29 is 19.1 Å². The predicted octanol–water partition coefficient (Wildman–Crippen LogP) is -1.36. The number of imide groups is 1. The van der Waals surface area contributed by atoms with Gasteiger partial charge in [0, 0.05) is 6.42 Å². The van der Waals surface area contributed by atoms with Crippen LogP contribution in [0.25, 0.3) is 0 Å². The van der Waals surface area contributed by atoms with E-state index in [2.05, 4.69) is 4.74 Å². The minimum Gasteiger partial charge on any atom is -0.468 e. The minimum atomic E-state index is -0.683. The average Bonchev–Trinajstić information content (AvgIpc) is 2.18. The fourth-order valence-electron chi connectivity index (χ4n) is 1.22. The number of rotatable bonds is 2. The third kappa shape index (κ3) is 2.08. The van der Waals surface area contributed by atoms with Crippen LogP contribution in [0.2, 0.25) is 0 Å². The highest BCUT2D eigenvalue weighted by molar-refractivity contribution is 6.02. The van der Waals surface area contributed by atoms with E-state index in [4.69, 9.17) is 5.73 Å². The van der Waals surface area contributed by atoms with Gasteiger partial charge in [-0.3, -0.25) is 19.3 Å². The molecular weight excluding hydrogens is 188 g/mol. The molecule has 1 saturated heterocycles. The van der Waals surface area contributed by atoms with Gasteiger partial charge in [0.1, 0.15) is 6.54 Å². The van der Waals surface area contributed by atoms with Crippen LogP contribution in [0.5, 0.6) is 0 Å². The molecule has 1 atom stereocenters. The Labute approximate surface area is 81.0 Å². The highest BCUT2D eigenvalue weighted by Gasteiger charge is 2.33. The van der Waals surface area contributed by atoms with E-state index in [0.29, 0.717) is 6.42 Å². The number of carbonyl (C=O) groups excluding carboxylic acids is 3. The summed E-state index contributed by atoms with van der Waals surface area (Å²) in [4.78, 5) is 34.3. The fourth-order valence-corrected chi connectivity index (χ4v) is 1.22. The molecule has 0 unspecified atom stereocenters. The van der Waals surface area contributed by atoms with Crippen LogP contribution < -0.4 is 5.73 Å². The van der Waals surface area contributed by atoms with Crippen molar-refractivity contribution in [3.05, 3.63) is 0 Å². The summed E-state index contributed by atoms with van der Waals surface area (Å²) in [7, 11) is 1.20. The molecule has 6 nitrogen and oxygen atoms in total. The second-order valence-electron chi connectivity index (χ2n) is 3.04. The van der Waals surface area contributed by atoms with Crippen molar-refractivity contribution in [2.24, 2.45) is 5.73 Å². The number of ether oxygens (including phenoxy) is 1. The standard InChI is InChI=1S/C8H12N2O4/c1-14-7(12)4-10-6(11)3-2-5(9)8(10)13/h5H,2-4,9H2,1H3/t5-/m0/s1. The van der Waals surface area contributed by atoms with Gasteiger partial charge in [-0.2, -0.15) is 0 Å². The van der Waals surface area contributed by atoms with Gasteiger partial charge in [-0.25, -0.2) is 0 Å². The third-order valence-corrected chi connectivity index (χ3v) is 2.07. The summed E-state index contributed by atoms with van der Waals surface area (Å²) in [6.45, 7) is -0.345. The zero-order chi connectivity index (χ0) is 10.7. The van der Waals surface area contributed by atoms with Crippen molar-refractivity contribution >= 4 is 17.8 Å². The van der Waals surface area contributed by atoms with Gasteiger partial charge in [-0.1, -0.05) is 0 Å². The summed E-state index contributed by atoms with van der Waals surface area (Å²) < 4.78 is 4.36. The Kier molecular flexibility index (Phi) is 3.19. The van der Waals surface area contributed by atoms with Crippen molar-refractivity contribution in [3.8, 4) is 0 Å². The Morgan fingerprint density at radius 3 is 2.86 bits per heavy atom. The van der Waals surface area contributed by atoms with Gasteiger partial charge >= 0.3 is 5.97 Å². The second-order valence-corrected chi connectivity index (χ2v) is 3.04. The van der Waals surface area contributed by atoms with E-state index < -0.39 is 17.9 Å². The van der Waals surface area contributed by atoms with Crippen molar-refractivity contribution in [2.75, 3.05) is 13.7 Å². The van der Waals surface area contributed by atoms with Crippen LogP contribution in [0.15, 0.2) is 0 Å². The molecule has 2 amide bonds. The molecule has 0 saturated carbocycles. The molecule has 2 N–H and O–H groups in total. The number of nitrogens with two attached hydrogens (primary N) is 1. The molecule has 0 aliphatic carbocycles. The minimum absolute atomic E-state index is 0.198. The maximum Gasteiger partial charge on any atom is 0.325 e. The van der Waals surface area contributed by atoms with Gasteiger partial charge < -0.3 is 10.5 Å². The van der Waals surface area contributed by atoms with Crippen LogP contribution in [0.3, 0.4) is 0 Å². The number of piperidine rings is 1. The van der Waals surface area contributed by atoms with E-state index in [9.17, 15) is 14.4 Å². The van der Waals surface area contributed by atoms with E-state index in [1.807, 2.05) is 0 Å². The summed E-state index contributed by atoms with van der Waals surface area (Å²) in [5.41, 5.74) is 5.45. The highest BCUT2D eigenvalue weighted by atomic mass is 16.5. The summed E-state index contributed by atoms with van der Waals surface area (Å²) in [6, 6.07) is -0.683. The smallest absolute Gasteiger partial charge is 0.325 e. The van der Waals surface area contributed by atoms with Gasteiger partial charge in [0.05, 0.1) is 13.2 Å². The van der Waals surface area contributed by atoms with Crippen molar-refractivity contribution in [1.82, 2.24) is 4.90 Å². The lowest BCUT2D eigenvalue weighted by Crippen LogP contribution is -2.52. The van der Waals surface area contributed by atoms with Gasteiger partial charge in [0.2, 0.25) is 11.8 Å². The maximum atomic E-state index is 11.4. The quantitative estimate of drug-likeness (QED) is 0.439. The van der Waals surface area contributed by atoms with Crippen LogP contribution >= 0.6 is 0 Å². The van der Waals surface area contributed by atoms with E-state index >= 15 is 0 Å². The Morgan fingerprint density at radius 1 is 1.64 bits per heavy atom. The number of hydrogen-bond acceptors (Lipinski definition) is 5. The molecule has 1 aliphatic heterocycles. The third-order valence-electron chi connectivity index (χ3n) is 2.07. The molecule has 0 spiro atoms. The molecule has 0 aromatic heterocycles. The molecule has 0 aromatic rings. The topological polar surface area (TPSA) is 89.7 Å². The second kappa shape index (κ2) is 4.19. The fraction of sp³-hybridized carbons (Fsp3) is 0.625. The molecule has 1 fully saturated rings. The van der Waals surface area contributed by atoms with Gasteiger partial charge in [-0.05, 0) is 6.42 Å². The maximum absolute atomic E-state index is 11.4. The molecule has 0 radical (unpaired) electrons. The van der Waals surface area contributed by atoms with Gasteiger partial charge in [0.15, 0.2) is 0 Å². The SMILES string of the molecule is COC(=O)CN1C(=O)CC[C@H](N)C1=O. The lowest BCUT2D eigenvalue weighted by atomic mass is 10.1. The monoisotopic (exact) mass is 200 g/mol. The summed E-state index contributed by atoms with van der Waals surface area (Å²) in [5, 5.41) is 0. The summed E-state index contributed by atoms with van der Waals surface area (Å²) in [5.74, 6) is -1.51. The Balaban J connectivity index is 2.68. The number of methoxy groups -OCH3 is 1. The first-order valence-corrected chi connectivity index (χ1v) is 4.23. The molecule has 78 valence electrons. The number of carbonyl (C=O) groups is 3. The number of esters is 1. The average molecular weight is 200 g/mol. The Morgan fingerprint density at radius 2 is 2.29 bits per heavy atom. The molecule has 1 aliphatic rings. The lowest BCUT2D eigenvalue weighted by Gasteiger charge is -2.27. The van der Waals surface area contributed by atoms with Crippen molar-refractivity contribution in [3.63, 3.8) is 0 Å². The Bertz CT molecular complexity index is 277. The number of nitrogens with zero attached hydrogens (tertiary/aromatic N) is 1. The number of likely N-dealkylation sites (tertiary alicyclic amines) is 1. The molecule has 1 rings (SSSR count). The normalized spacial score (nSPS) is 22.4. The Hall–Kier alpha value is -1.43. The molecule has 0 bridgehead atoms. The largest absolute Gasteiger partial charge is 0.468 e. The van der Waals surface area contributed by atoms with Crippen LogP contribution in [-0.2, 0) is 19.1 Å². The van der Waals surface area contributed by atoms with Crippen LogP contribution in [-0.4, -0.2) is 42.4 Å². The van der Waals surface area contributed by atoms with E-state index in [1.54, 1.807) is 0 Å². The molecular formula is C8H12N2O4. The first kappa shape index (κ1) is 10.6. The van der Waals surface area contributed by atoms with Gasteiger partial charge in [0.25, 0.3) is 0 Å². The van der Waals surface area contributed by atoms with Gasteiger partial charge in [-0.15, -0.1) is 0 Å². The lowest BCUT2D eigenvalue weighted by molar-refractivity contribution is -0.156. The van der Waals surface area contributed by atoms with Crippen LogP contribution in [0.1, 0.15) is 12.8 Å². The summed E-state index contributed by atoms with van der Waals surface area (Å²) in [6.07, 6.45) is 0.541. The number of amides is 2. The zero-order valence-corrected chi connectivity index (χ0v) is 7.86. The van der Waals surface area contributed by atoms with E-state index in [0.717, 1.165) is 4.90 Å². The van der Waals surface area contributed by atoms with Crippen molar-refractivity contribution in [1.29, 1.82) is 0 Å². The molecule has 0 aromatic carbocycles. The molecule has 14 heavy (non-hydrogen) atoms.